The van der Waals surface area contributed by atoms with E-state index in [4.69, 9.17) is 0 Å². The third kappa shape index (κ3) is 1.88. The van der Waals surface area contributed by atoms with Crippen LogP contribution >= 0.6 is 27.3 Å². The Bertz CT molecular complexity index is 462. The van der Waals surface area contributed by atoms with Gasteiger partial charge in [0, 0.05) is 21.1 Å². The lowest BCUT2D eigenvalue weighted by Crippen LogP contribution is -1.81. The van der Waals surface area contributed by atoms with E-state index in [0.29, 0.717) is 0 Å². The van der Waals surface area contributed by atoms with Crippen molar-refractivity contribution in [3.05, 3.63) is 39.3 Å². The van der Waals surface area contributed by atoms with Crippen LogP contribution in [0.4, 0.5) is 0 Å². The van der Waals surface area contributed by atoms with E-state index in [0.717, 1.165) is 9.48 Å². The molecule has 1 aromatic heterocycles. The Kier molecular flexibility index (Phi) is 2.70. The molecule has 1 heterocycles. The van der Waals surface area contributed by atoms with E-state index in [1.165, 1.54) is 16.0 Å². The molecule has 1 aromatic carbocycles. The first-order valence-corrected chi connectivity index (χ1v) is 5.97. The number of rotatable bonds is 1. The van der Waals surface area contributed by atoms with Crippen molar-refractivity contribution in [2.24, 2.45) is 0 Å². The molecular weight excluding hydrogens is 258 g/mol. The summed E-state index contributed by atoms with van der Waals surface area (Å²) in [5.74, 6) is 0. The van der Waals surface area contributed by atoms with Crippen molar-refractivity contribution in [2.45, 2.75) is 13.8 Å². The first kappa shape index (κ1) is 9.87. The minimum atomic E-state index is 1.10. The van der Waals surface area contributed by atoms with Crippen LogP contribution in [0.5, 0.6) is 0 Å². The summed E-state index contributed by atoms with van der Waals surface area (Å²) in [5, 5.41) is 1.10. The van der Waals surface area contributed by atoms with E-state index < -0.39 is 0 Å². The summed E-state index contributed by atoms with van der Waals surface area (Å²) in [6.45, 7) is 4.19. The van der Waals surface area contributed by atoms with Gasteiger partial charge in [-0.15, -0.1) is 11.3 Å². The van der Waals surface area contributed by atoms with Crippen LogP contribution in [-0.4, -0.2) is 4.98 Å². The zero-order valence-electron chi connectivity index (χ0n) is 8.04. The maximum atomic E-state index is 4.38. The summed E-state index contributed by atoms with van der Waals surface area (Å²) in [7, 11) is 0. The smallest absolute Gasteiger partial charge is 0.123 e. The molecule has 0 fully saturated rings. The summed E-state index contributed by atoms with van der Waals surface area (Å²) in [6, 6.07) is 6.28. The second kappa shape index (κ2) is 3.83. The fourth-order valence-electron chi connectivity index (χ4n) is 1.35. The Morgan fingerprint density at radius 1 is 1.29 bits per heavy atom. The van der Waals surface area contributed by atoms with Crippen LogP contribution in [-0.2, 0) is 0 Å². The lowest BCUT2D eigenvalue weighted by Gasteiger charge is -2.01. The number of aromatic nitrogens is 1. The molecule has 0 aliphatic rings. The zero-order valence-corrected chi connectivity index (χ0v) is 10.4. The predicted octanol–water partition coefficient (Wildman–Crippen LogP) is 4.19. The largest absolute Gasteiger partial charge is 0.244 e. The van der Waals surface area contributed by atoms with Gasteiger partial charge < -0.3 is 0 Å². The third-order valence-electron chi connectivity index (χ3n) is 2.04. The highest BCUT2D eigenvalue weighted by molar-refractivity contribution is 9.10. The van der Waals surface area contributed by atoms with Crippen LogP contribution in [0.1, 0.15) is 10.4 Å². The minimum absolute atomic E-state index is 1.10. The number of thiazole rings is 1. The van der Waals surface area contributed by atoms with Gasteiger partial charge in [0.05, 0.1) is 0 Å². The molecule has 0 spiro atoms. The van der Waals surface area contributed by atoms with Crippen LogP contribution in [0.15, 0.2) is 28.9 Å². The van der Waals surface area contributed by atoms with E-state index in [1.54, 1.807) is 11.3 Å². The van der Waals surface area contributed by atoms with Crippen molar-refractivity contribution in [2.75, 3.05) is 0 Å². The van der Waals surface area contributed by atoms with Crippen molar-refractivity contribution in [1.29, 1.82) is 0 Å². The highest BCUT2D eigenvalue weighted by Gasteiger charge is 2.05. The van der Waals surface area contributed by atoms with Gasteiger partial charge in [-0.3, -0.25) is 0 Å². The molecule has 0 unspecified atom stereocenters. The molecule has 0 bridgehead atoms. The lowest BCUT2D eigenvalue weighted by molar-refractivity contribution is 1.35. The van der Waals surface area contributed by atoms with E-state index in [-0.39, 0.29) is 0 Å². The fraction of sp³-hybridized carbons (Fsp3) is 0.182. The number of hydrogen-bond acceptors (Lipinski definition) is 2. The van der Waals surface area contributed by atoms with E-state index in [1.807, 2.05) is 6.20 Å². The molecule has 1 nitrogen and oxygen atoms in total. The summed E-state index contributed by atoms with van der Waals surface area (Å²) >= 11 is 5.19. The SMILES string of the molecule is Cc1cnc(-c2ccc(Br)cc2C)s1. The van der Waals surface area contributed by atoms with Gasteiger partial charge in [0.2, 0.25) is 0 Å². The summed E-state index contributed by atoms with van der Waals surface area (Å²) in [4.78, 5) is 5.63. The zero-order chi connectivity index (χ0) is 10.1. The highest BCUT2D eigenvalue weighted by atomic mass is 79.9. The lowest BCUT2D eigenvalue weighted by atomic mass is 10.1. The van der Waals surface area contributed by atoms with Gasteiger partial charge in [-0.1, -0.05) is 22.0 Å². The maximum absolute atomic E-state index is 4.38. The van der Waals surface area contributed by atoms with Gasteiger partial charge in [0.25, 0.3) is 0 Å². The van der Waals surface area contributed by atoms with Crippen LogP contribution in [0.3, 0.4) is 0 Å². The van der Waals surface area contributed by atoms with E-state index in [2.05, 4.69) is 53.0 Å². The summed E-state index contributed by atoms with van der Waals surface area (Å²) in [6.07, 6.45) is 1.92. The Labute approximate surface area is 95.9 Å². The molecule has 0 aliphatic carbocycles. The Morgan fingerprint density at radius 2 is 2.07 bits per heavy atom. The van der Waals surface area contributed by atoms with Crippen molar-refractivity contribution in [3.63, 3.8) is 0 Å². The maximum Gasteiger partial charge on any atom is 0.123 e. The quantitative estimate of drug-likeness (QED) is 0.755. The average molecular weight is 268 g/mol. The molecule has 0 atom stereocenters. The molecule has 2 aromatic rings. The average Bonchev–Trinajstić information content (AvgIpc) is 2.51. The molecule has 14 heavy (non-hydrogen) atoms. The molecular formula is C11H10BrNS. The van der Waals surface area contributed by atoms with Crippen LogP contribution in [0.2, 0.25) is 0 Å². The molecule has 0 N–H and O–H groups in total. The van der Waals surface area contributed by atoms with Crippen molar-refractivity contribution in [1.82, 2.24) is 4.98 Å². The standard InChI is InChI=1S/C11H10BrNS/c1-7-5-9(12)3-4-10(7)11-13-6-8(2)14-11/h3-6H,1-2H3. The molecule has 0 saturated heterocycles. The number of aryl methyl sites for hydroxylation is 2. The number of nitrogens with zero attached hydrogens (tertiary/aromatic N) is 1. The first-order chi connectivity index (χ1) is 6.66. The summed E-state index contributed by atoms with van der Waals surface area (Å²) in [5.41, 5.74) is 2.49. The molecule has 0 aliphatic heterocycles. The number of hydrogen-bond donors (Lipinski definition) is 0. The van der Waals surface area contributed by atoms with Gasteiger partial charge >= 0.3 is 0 Å². The molecule has 2 rings (SSSR count). The van der Waals surface area contributed by atoms with Crippen molar-refractivity contribution >= 4 is 27.3 Å². The molecule has 72 valence electrons. The molecule has 0 radical (unpaired) electrons. The van der Waals surface area contributed by atoms with Gasteiger partial charge in [0.1, 0.15) is 5.01 Å². The Balaban J connectivity index is 2.52. The fourth-order valence-corrected chi connectivity index (χ4v) is 2.68. The van der Waals surface area contributed by atoms with Crippen LogP contribution in [0.25, 0.3) is 10.6 Å². The first-order valence-electron chi connectivity index (χ1n) is 4.36. The third-order valence-corrected chi connectivity index (χ3v) is 3.48. The second-order valence-corrected chi connectivity index (χ2v) is 5.39. The Morgan fingerprint density at radius 3 is 2.64 bits per heavy atom. The van der Waals surface area contributed by atoms with E-state index in [9.17, 15) is 0 Å². The van der Waals surface area contributed by atoms with Gasteiger partial charge in [-0.05, 0) is 31.5 Å². The summed E-state index contributed by atoms with van der Waals surface area (Å²) < 4.78 is 1.12. The minimum Gasteiger partial charge on any atom is -0.244 e. The molecule has 3 heteroatoms. The van der Waals surface area contributed by atoms with Crippen LogP contribution in [0, 0.1) is 13.8 Å². The number of halogens is 1. The monoisotopic (exact) mass is 267 g/mol. The van der Waals surface area contributed by atoms with E-state index >= 15 is 0 Å². The second-order valence-electron chi connectivity index (χ2n) is 3.24. The van der Waals surface area contributed by atoms with Crippen molar-refractivity contribution < 1.29 is 0 Å². The van der Waals surface area contributed by atoms with Gasteiger partial charge in [-0.2, -0.15) is 0 Å². The van der Waals surface area contributed by atoms with Crippen molar-refractivity contribution in [3.8, 4) is 10.6 Å². The Hall–Kier alpha value is -0.670. The van der Waals surface area contributed by atoms with Gasteiger partial charge in [0.15, 0.2) is 0 Å². The predicted molar refractivity (Wildman–Crippen MR) is 64.7 cm³/mol. The normalized spacial score (nSPS) is 10.5. The number of benzene rings is 1. The van der Waals surface area contributed by atoms with Gasteiger partial charge in [-0.25, -0.2) is 4.98 Å². The highest BCUT2D eigenvalue weighted by Crippen LogP contribution is 2.29. The molecule has 0 saturated carbocycles. The van der Waals surface area contributed by atoms with Crippen LogP contribution < -0.4 is 0 Å². The topological polar surface area (TPSA) is 12.9 Å². The molecule has 0 amide bonds.